The summed E-state index contributed by atoms with van der Waals surface area (Å²) in [6.07, 6.45) is 0.413. The highest BCUT2D eigenvalue weighted by molar-refractivity contribution is 7.09. The summed E-state index contributed by atoms with van der Waals surface area (Å²) in [5, 5.41) is 5.79. The SMILES string of the molecule is Cc1ccccc1C(=O)CCC(=O)NCc1nc(CN2CCOCC2)cs1. The van der Waals surface area contributed by atoms with Gasteiger partial charge in [-0.15, -0.1) is 11.3 Å². The summed E-state index contributed by atoms with van der Waals surface area (Å²) in [6, 6.07) is 7.46. The minimum absolute atomic E-state index is 0.00490. The molecule has 1 aliphatic heterocycles. The number of nitrogens with one attached hydrogen (secondary N) is 1. The topological polar surface area (TPSA) is 71.5 Å². The fraction of sp³-hybridized carbons (Fsp3) is 0.450. The third-order valence-electron chi connectivity index (χ3n) is 4.55. The van der Waals surface area contributed by atoms with Crippen molar-refractivity contribution >= 4 is 23.0 Å². The number of ketones is 1. The predicted molar refractivity (Wildman–Crippen MR) is 105 cm³/mol. The number of benzene rings is 1. The molecule has 1 aromatic heterocycles. The van der Waals surface area contributed by atoms with Crippen LogP contribution in [0.4, 0.5) is 0 Å². The molecule has 1 saturated heterocycles. The number of carbonyl (C=O) groups is 2. The Morgan fingerprint density at radius 3 is 2.78 bits per heavy atom. The van der Waals surface area contributed by atoms with Crippen LogP contribution in [0.1, 0.15) is 39.5 Å². The molecule has 1 N–H and O–H groups in total. The van der Waals surface area contributed by atoms with Gasteiger partial charge in [0.05, 0.1) is 25.5 Å². The number of carbonyl (C=O) groups excluding carboxylic acids is 2. The van der Waals surface area contributed by atoms with Gasteiger partial charge in [-0.1, -0.05) is 24.3 Å². The van der Waals surface area contributed by atoms with Crippen molar-refractivity contribution in [1.82, 2.24) is 15.2 Å². The zero-order valence-corrected chi connectivity index (χ0v) is 16.4. The van der Waals surface area contributed by atoms with E-state index >= 15 is 0 Å². The number of Topliss-reactive ketones (excluding diaryl/α,β-unsaturated/α-hetero) is 1. The molecule has 1 aromatic carbocycles. The van der Waals surface area contributed by atoms with Gasteiger partial charge in [-0.25, -0.2) is 4.98 Å². The molecule has 0 unspecified atom stereocenters. The van der Waals surface area contributed by atoms with Crippen LogP contribution in [0.15, 0.2) is 29.6 Å². The molecule has 0 bridgehead atoms. The maximum Gasteiger partial charge on any atom is 0.220 e. The van der Waals surface area contributed by atoms with Crippen LogP contribution in [0.2, 0.25) is 0 Å². The lowest BCUT2D eigenvalue weighted by Crippen LogP contribution is -2.35. The van der Waals surface area contributed by atoms with Gasteiger partial charge in [0, 0.05) is 43.4 Å². The first kappa shape index (κ1) is 19.7. The van der Waals surface area contributed by atoms with Crippen LogP contribution < -0.4 is 5.32 Å². The lowest BCUT2D eigenvalue weighted by molar-refractivity contribution is -0.121. The average Bonchev–Trinajstić information content (AvgIpc) is 3.13. The first-order valence-corrected chi connectivity index (χ1v) is 10.1. The average molecular weight is 388 g/mol. The molecule has 3 rings (SSSR count). The Morgan fingerprint density at radius 2 is 2.00 bits per heavy atom. The molecule has 1 aliphatic rings. The third kappa shape index (κ3) is 5.95. The van der Waals surface area contributed by atoms with Crippen molar-refractivity contribution in [2.45, 2.75) is 32.9 Å². The normalized spacial score (nSPS) is 14.9. The zero-order chi connectivity index (χ0) is 19.1. The van der Waals surface area contributed by atoms with Crippen molar-refractivity contribution in [2.24, 2.45) is 0 Å². The van der Waals surface area contributed by atoms with Gasteiger partial charge in [0.1, 0.15) is 5.01 Å². The molecule has 2 heterocycles. The summed E-state index contributed by atoms with van der Waals surface area (Å²) in [6.45, 7) is 6.54. The first-order chi connectivity index (χ1) is 13.1. The highest BCUT2D eigenvalue weighted by Crippen LogP contribution is 2.13. The van der Waals surface area contributed by atoms with E-state index < -0.39 is 0 Å². The largest absolute Gasteiger partial charge is 0.379 e. The van der Waals surface area contributed by atoms with Gasteiger partial charge in [0.25, 0.3) is 0 Å². The smallest absolute Gasteiger partial charge is 0.220 e. The molecule has 0 saturated carbocycles. The van der Waals surface area contributed by atoms with E-state index in [0.29, 0.717) is 12.1 Å². The van der Waals surface area contributed by atoms with Crippen molar-refractivity contribution in [1.29, 1.82) is 0 Å². The van der Waals surface area contributed by atoms with Gasteiger partial charge in [0.15, 0.2) is 5.78 Å². The maximum atomic E-state index is 12.2. The second kappa shape index (κ2) is 9.73. The summed E-state index contributed by atoms with van der Waals surface area (Å²) < 4.78 is 5.35. The molecule has 6 nitrogen and oxygen atoms in total. The van der Waals surface area contributed by atoms with Crippen molar-refractivity contribution in [3.63, 3.8) is 0 Å². The minimum Gasteiger partial charge on any atom is -0.379 e. The molecular weight excluding hydrogens is 362 g/mol. The number of hydrogen-bond donors (Lipinski definition) is 1. The Kier molecular flexibility index (Phi) is 7.09. The molecule has 0 spiro atoms. The maximum absolute atomic E-state index is 12.2. The van der Waals surface area contributed by atoms with E-state index in [1.807, 2.05) is 30.5 Å². The fourth-order valence-electron chi connectivity index (χ4n) is 3.00. The summed E-state index contributed by atoms with van der Waals surface area (Å²) in [5.41, 5.74) is 2.66. The second-order valence-corrected chi connectivity index (χ2v) is 7.58. The van der Waals surface area contributed by atoms with Crippen LogP contribution >= 0.6 is 11.3 Å². The van der Waals surface area contributed by atoms with Gasteiger partial charge >= 0.3 is 0 Å². The summed E-state index contributed by atoms with van der Waals surface area (Å²) >= 11 is 1.55. The van der Waals surface area contributed by atoms with Crippen LogP contribution in [0.25, 0.3) is 0 Å². The fourth-order valence-corrected chi connectivity index (χ4v) is 3.73. The lowest BCUT2D eigenvalue weighted by Gasteiger charge is -2.25. The number of rotatable bonds is 8. The molecule has 1 amide bonds. The monoisotopic (exact) mass is 387 g/mol. The number of ether oxygens (including phenoxy) is 1. The van der Waals surface area contributed by atoms with Crippen molar-refractivity contribution in [3.05, 3.63) is 51.5 Å². The quantitative estimate of drug-likeness (QED) is 0.705. The first-order valence-electron chi connectivity index (χ1n) is 9.21. The third-order valence-corrected chi connectivity index (χ3v) is 5.45. The van der Waals surface area contributed by atoms with E-state index in [2.05, 4.69) is 15.2 Å². The molecule has 144 valence electrons. The van der Waals surface area contributed by atoms with Crippen LogP contribution in [-0.4, -0.2) is 47.9 Å². The Balaban J connectivity index is 1.40. The number of amides is 1. The molecule has 0 atom stereocenters. The highest BCUT2D eigenvalue weighted by atomic mass is 32.1. The van der Waals surface area contributed by atoms with Crippen molar-refractivity contribution in [3.8, 4) is 0 Å². The Labute approximate surface area is 163 Å². The van der Waals surface area contributed by atoms with Crippen molar-refractivity contribution < 1.29 is 14.3 Å². The van der Waals surface area contributed by atoms with E-state index in [4.69, 9.17) is 4.74 Å². The van der Waals surface area contributed by atoms with Crippen LogP contribution in [0.3, 0.4) is 0 Å². The molecule has 0 radical (unpaired) electrons. The summed E-state index contributed by atoms with van der Waals surface area (Å²) in [4.78, 5) is 31.2. The van der Waals surface area contributed by atoms with Gasteiger partial charge in [-0.3, -0.25) is 14.5 Å². The Hall–Kier alpha value is -2.09. The van der Waals surface area contributed by atoms with E-state index in [1.54, 1.807) is 17.4 Å². The van der Waals surface area contributed by atoms with E-state index in [0.717, 1.165) is 49.1 Å². The van der Waals surface area contributed by atoms with Gasteiger partial charge in [-0.05, 0) is 12.5 Å². The number of thiazole rings is 1. The van der Waals surface area contributed by atoms with Crippen molar-refractivity contribution in [2.75, 3.05) is 26.3 Å². The zero-order valence-electron chi connectivity index (χ0n) is 15.6. The molecule has 27 heavy (non-hydrogen) atoms. The molecule has 2 aromatic rings. The standard InChI is InChI=1S/C20H25N3O3S/c1-15-4-2-3-5-17(15)18(24)6-7-19(25)21-12-20-22-16(14-27-20)13-23-8-10-26-11-9-23/h2-5,14H,6-13H2,1H3,(H,21,25). The Bertz CT molecular complexity index is 784. The predicted octanol–water partition coefficient (Wildman–Crippen LogP) is 2.56. The summed E-state index contributed by atoms with van der Waals surface area (Å²) in [7, 11) is 0. The van der Waals surface area contributed by atoms with Gasteiger partial charge in [0.2, 0.25) is 5.91 Å². The van der Waals surface area contributed by atoms with E-state index in [-0.39, 0.29) is 24.5 Å². The van der Waals surface area contributed by atoms with Crippen LogP contribution in [-0.2, 0) is 22.6 Å². The number of nitrogens with zero attached hydrogens (tertiary/aromatic N) is 2. The van der Waals surface area contributed by atoms with Crippen LogP contribution in [0, 0.1) is 6.92 Å². The van der Waals surface area contributed by atoms with Gasteiger partial charge in [-0.2, -0.15) is 0 Å². The van der Waals surface area contributed by atoms with Gasteiger partial charge < -0.3 is 10.1 Å². The van der Waals surface area contributed by atoms with Crippen LogP contribution in [0.5, 0.6) is 0 Å². The van der Waals surface area contributed by atoms with E-state index in [9.17, 15) is 9.59 Å². The minimum atomic E-state index is -0.123. The highest BCUT2D eigenvalue weighted by Gasteiger charge is 2.14. The number of hydrogen-bond acceptors (Lipinski definition) is 6. The summed E-state index contributed by atoms with van der Waals surface area (Å²) in [5.74, 6) is -0.118. The Morgan fingerprint density at radius 1 is 1.22 bits per heavy atom. The lowest BCUT2D eigenvalue weighted by atomic mass is 10.0. The molecule has 7 heteroatoms. The number of aryl methyl sites for hydroxylation is 1. The molecular formula is C20H25N3O3S. The van der Waals surface area contributed by atoms with E-state index in [1.165, 1.54) is 0 Å². The number of morpholine rings is 1. The molecule has 1 fully saturated rings. The molecule has 0 aliphatic carbocycles. The number of aromatic nitrogens is 1. The second-order valence-electron chi connectivity index (χ2n) is 6.64.